The second kappa shape index (κ2) is 22.4. The van der Waals surface area contributed by atoms with Gasteiger partial charge in [-0.25, -0.2) is 0 Å². The van der Waals surface area contributed by atoms with Gasteiger partial charge in [0.2, 0.25) is 0 Å². The van der Waals surface area contributed by atoms with Crippen molar-refractivity contribution >= 4 is 9.42 Å². The summed E-state index contributed by atoms with van der Waals surface area (Å²) >= 11 is 1.61. The molecule has 11 heavy (non-hydrogen) atoms. The van der Waals surface area contributed by atoms with Crippen molar-refractivity contribution < 1.29 is 31.2 Å². The van der Waals surface area contributed by atoms with Gasteiger partial charge in [-0.3, -0.25) is 4.98 Å². The van der Waals surface area contributed by atoms with Crippen molar-refractivity contribution in [3.63, 3.8) is 0 Å². The summed E-state index contributed by atoms with van der Waals surface area (Å²) in [5.41, 5.74) is 0. The van der Waals surface area contributed by atoms with Gasteiger partial charge in [-0.1, -0.05) is 6.07 Å². The maximum atomic E-state index is 4.61. The number of aromatic nitrogens is 1. The second-order valence-electron chi connectivity index (χ2n) is 1.02. The molecule has 0 saturated carbocycles. The predicted molar refractivity (Wildman–Crippen MR) is 40.1 cm³/mol. The molecule has 71 valence electrons. The van der Waals surface area contributed by atoms with E-state index in [-0.39, 0.29) is 24.7 Å². The van der Waals surface area contributed by atoms with Gasteiger partial charge in [-0.05, 0) is 12.1 Å². The smallest absolute Gasteiger partial charge is 0.0267 e. The fraction of sp³-hybridized carbons (Fsp3) is 0. The molecule has 0 aromatic carbocycles. The van der Waals surface area contributed by atoms with E-state index in [1.165, 1.54) is 0 Å². The van der Waals surface area contributed by atoms with E-state index in [1.807, 2.05) is 18.2 Å². The van der Waals surface area contributed by atoms with Crippen molar-refractivity contribution in [2.24, 2.45) is 0 Å². The second-order valence-corrected chi connectivity index (χ2v) is 1.02. The molecule has 0 aliphatic rings. The van der Waals surface area contributed by atoms with Crippen LogP contribution in [0.1, 0.15) is 0 Å². The van der Waals surface area contributed by atoms with Crippen LogP contribution < -0.4 is 24.7 Å². The van der Waals surface area contributed by atoms with Gasteiger partial charge in [-0.2, -0.15) is 0 Å². The Balaban J connectivity index is -0.0000000459. The Hall–Kier alpha value is 0.338. The van der Waals surface area contributed by atoms with Crippen LogP contribution in [0.25, 0.3) is 0 Å². The van der Waals surface area contributed by atoms with Crippen LogP contribution in [0, 0.1) is 0 Å². The molecule has 1 heterocycles. The van der Waals surface area contributed by atoms with Gasteiger partial charge in [0, 0.05) is 12.4 Å². The number of hydrogen-bond donors (Lipinski definition) is 2. The van der Waals surface area contributed by atoms with E-state index in [4.69, 9.17) is 0 Å². The standard InChI is InChI=1S/C5H5N.2ClH.2H3N.Pt/c1-2-4-6-5-3-1;;;;;/h1-5H;2*1H;2*1H3;/q;;;;;+1/p-2. The fourth-order valence-corrected chi connectivity index (χ4v) is 0.313. The molecule has 0 amide bonds. The molecule has 6 heteroatoms. The molecule has 0 bridgehead atoms. The molecule has 1 aromatic heterocycles. The maximum Gasteiger partial charge on any atom is 0.0267 e. The van der Waals surface area contributed by atoms with Crippen molar-refractivity contribution in [2.45, 2.75) is 0 Å². The summed E-state index contributed by atoms with van der Waals surface area (Å²) in [6, 6.07) is 5.72. The first kappa shape index (κ1) is 22.5. The molecule has 0 aliphatic carbocycles. The Labute approximate surface area is 88.3 Å². The van der Waals surface area contributed by atoms with Crippen molar-refractivity contribution in [3.05, 3.63) is 30.6 Å². The Morgan fingerprint density at radius 1 is 0.909 bits per heavy atom. The average molecular weight is 379 g/mol. The first-order chi connectivity index (χ1) is 4.00. The van der Waals surface area contributed by atoms with Crippen molar-refractivity contribution in [1.29, 1.82) is 0 Å². The Kier molecular flexibility index (Phi) is 45.9. The molecule has 0 fully saturated rings. The van der Waals surface area contributed by atoms with E-state index in [0.29, 0.717) is 0 Å². The molecule has 0 saturated heterocycles. The van der Waals surface area contributed by atoms with Crippen molar-refractivity contribution in [1.82, 2.24) is 17.3 Å². The average Bonchev–Trinajstić information content (AvgIpc) is 1.96. The summed E-state index contributed by atoms with van der Waals surface area (Å²) in [7, 11) is 4.61. The molecular weight excluding hydrogens is 368 g/mol. The van der Waals surface area contributed by atoms with E-state index in [1.54, 1.807) is 31.2 Å². The number of pyridine rings is 1. The predicted octanol–water partition coefficient (Wildman–Crippen LogP) is -0.903. The van der Waals surface area contributed by atoms with Gasteiger partial charge in [0.1, 0.15) is 0 Å². The van der Waals surface area contributed by atoms with Crippen LogP contribution in [0.4, 0.5) is 0 Å². The van der Waals surface area contributed by atoms with Crippen LogP contribution in [-0.2, 0) is 18.8 Å². The quantitative estimate of drug-likeness (QED) is 0.613. The zero-order chi connectivity index (χ0) is 6.24. The van der Waals surface area contributed by atoms with Crippen LogP contribution >= 0.6 is 9.42 Å². The molecule has 1 rings (SSSR count). The van der Waals surface area contributed by atoms with Gasteiger partial charge in [0.15, 0.2) is 0 Å². The molecule has 0 atom stereocenters. The van der Waals surface area contributed by atoms with Gasteiger partial charge >= 0.3 is 28.2 Å². The summed E-state index contributed by atoms with van der Waals surface area (Å²) in [6.45, 7) is 0. The molecule has 0 aliphatic heterocycles. The van der Waals surface area contributed by atoms with E-state index >= 15 is 0 Å². The zero-order valence-electron chi connectivity index (χ0n) is 5.82. The van der Waals surface area contributed by atoms with Crippen molar-refractivity contribution in [3.8, 4) is 0 Å². The Morgan fingerprint density at radius 3 is 1.36 bits per heavy atom. The molecular formula is C5H11Cl2N3Pt-. The Bertz CT molecular complexity index is 91.7. The third kappa shape index (κ3) is 17.9. The molecule has 0 spiro atoms. The van der Waals surface area contributed by atoms with E-state index in [9.17, 15) is 0 Å². The third-order valence-corrected chi connectivity index (χ3v) is 0.566. The first-order valence-corrected chi connectivity index (χ1v) is 4.78. The summed E-state index contributed by atoms with van der Waals surface area (Å²) in [5, 5.41) is 0. The van der Waals surface area contributed by atoms with E-state index < -0.39 is 0 Å². The molecule has 6 N–H and O–H groups in total. The summed E-state index contributed by atoms with van der Waals surface area (Å²) < 4.78 is 0. The van der Waals surface area contributed by atoms with Crippen LogP contribution in [0.15, 0.2) is 30.6 Å². The van der Waals surface area contributed by atoms with Gasteiger partial charge in [-0.15, -0.1) is 0 Å². The topological polar surface area (TPSA) is 82.9 Å². The van der Waals surface area contributed by atoms with Gasteiger partial charge in [0.05, 0.1) is 0 Å². The van der Waals surface area contributed by atoms with Gasteiger partial charge < -0.3 is 24.7 Å². The zero-order valence-corrected chi connectivity index (χ0v) is 9.60. The summed E-state index contributed by atoms with van der Waals surface area (Å²) in [4.78, 5) is 3.78. The summed E-state index contributed by atoms with van der Waals surface area (Å²) in [6.07, 6.45) is 3.50. The van der Waals surface area contributed by atoms with E-state index in [0.717, 1.165) is 0 Å². The van der Waals surface area contributed by atoms with Gasteiger partial charge in [0.25, 0.3) is 0 Å². The number of halogens is 2. The minimum atomic E-state index is 0. The SMILES string of the molecule is N.N.[Cl-].[Cl][Pt].c1ccncc1. The largest absolute Gasteiger partial charge is 0.265 e. The fourth-order valence-electron chi connectivity index (χ4n) is 0.313. The number of hydrogen-bond acceptors (Lipinski definition) is 3. The van der Waals surface area contributed by atoms with Crippen LogP contribution in [0.3, 0.4) is 0 Å². The summed E-state index contributed by atoms with van der Waals surface area (Å²) in [5.74, 6) is 0. The molecule has 1 aromatic rings. The number of rotatable bonds is 0. The molecule has 0 radical (unpaired) electrons. The first-order valence-electron chi connectivity index (χ1n) is 1.97. The number of nitrogens with zero attached hydrogens (tertiary/aromatic N) is 1. The monoisotopic (exact) mass is 378 g/mol. The third-order valence-electron chi connectivity index (χ3n) is 0.566. The van der Waals surface area contributed by atoms with Crippen LogP contribution in [0.2, 0.25) is 0 Å². The normalized spacial score (nSPS) is 5.00. The Morgan fingerprint density at radius 2 is 1.27 bits per heavy atom. The van der Waals surface area contributed by atoms with Crippen LogP contribution in [0.5, 0.6) is 0 Å². The molecule has 0 unspecified atom stereocenters. The van der Waals surface area contributed by atoms with E-state index in [2.05, 4.69) is 14.4 Å². The maximum absolute atomic E-state index is 4.61. The van der Waals surface area contributed by atoms with Crippen molar-refractivity contribution in [2.75, 3.05) is 0 Å². The minimum Gasteiger partial charge on any atom is -0.265 e. The minimum absolute atomic E-state index is 0. The molecule has 3 nitrogen and oxygen atoms in total. The van der Waals surface area contributed by atoms with Crippen LogP contribution in [-0.4, -0.2) is 4.98 Å².